The van der Waals surface area contributed by atoms with Gasteiger partial charge in [-0.2, -0.15) is 0 Å². The summed E-state index contributed by atoms with van der Waals surface area (Å²) in [5.74, 6) is 0.0103. The van der Waals surface area contributed by atoms with Gasteiger partial charge in [0, 0.05) is 12.7 Å². The van der Waals surface area contributed by atoms with E-state index in [0.717, 1.165) is 24.0 Å². The Hall–Kier alpha value is -2.34. The summed E-state index contributed by atoms with van der Waals surface area (Å²) in [4.78, 5) is 12.3. The quantitative estimate of drug-likeness (QED) is 0.863. The van der Waals surface area contributed by atoms with Gasteiger partial charge in [0.15, 0.2) is 0 Å². The maximum Gasteiger partial charge on any atom is 0.262 e. The number of benzene rings is 2. The number of nitrogens with one attached hydrogen (secondary N) is 2. The second kappa shape index (κ2) is 6.19. The number of hydrogen-bond donors (Lipinski definition) is 2. The molecule has 0 heterocycles. The molecule has 1 amide bonds. The number of amides is 1. The minimum absolute atomic E-state index is 0.0103. The lowest BCUT2D eigenvalue weighted by atomic mass is 9.95. The molecule has 0 atom stereocenters. The molecule has 1 aliphatic rings. The van der Waals surface area contributed by atoms with Crippen molar-refractivity contribution in [3.05, 3.63) is 59.2 Å². The van der Waals surface area contributed by atoms with Crippen LogP contribution >= 0.6 is 0 Å². The standard InChI is InChI=1S/C19H22N2O3S/c1-13-4-9-17(14(2)12-13)25(23,24)21-16-7-5-15(6-8-16)19(10-11-19)18(22)20-3/h4-9,12,21H,10-11H2,1-3H3,(H,20,22). The number of rotatable bonds is 5. The zero-order chi connectivity index (χ0) is 18.2. The summed E-state index contributed by atoms with van der Waals surface area (Å²) < 4.78 is 27.8. The van der Waals surface area contributed by atoms with Crippen LogP contribution in [0.3, 0.4) is 0 Å². The van der Waals surface area contributed by atoms with Gasteiger partial charge < -0.3 is 5.32 Å². The van der Waals surface area contributed by atoms with Crippen molar-refractivity contribution < 1.29 is 13.2 Å². The molecular formula is C19H22N2O3S. The van der Waals surface area contributed by atoms with E-state index in [2.05, 4.69) is 10.0 Å². The monoisotopic (exact) mass is 358 g/mol. The predicted octanol–water partition coefficient (Wildman–Crippen LogP) is 2.88. The van der Waals surface area contributed by atoms with Gasteiger partial charge in [0.1, 0.15) is 0 Å². The Labute approximate surface area is 148 Å². The van der Waals surface area contributed by atoms with Crippen LogP contribution in [0.5, 0.6) is 0 Å². The smallest absolute Gasteiger partial charge is 0.262 e. The van der Waals surface area contributed by atoms with Crippen LogP contribution in [0.2, 0.25) is 0 Å². The van der Waals surface area contributed by atoms with Crippen LogP contribution in [0.4, 0.5) is 5.69 Å². The molecule has 2 aromatic carbocycles. The van der Waals surface area contributed by atoms with Crippen LogP contribution in [0.15, 0.2) is 47.4 Å². The van der Waals surface area contributed by atoms with Crippen LogP contribution in [0, 0.1) is 13.8 Å². The highest BCUT2D eigenvalue weighted by Crippen LogP contribution is 2.48. The van der Waals surface area contributed by atoms with E-state index < -0.39 is 15.4 Å². The second-order valence-electron chi connectivity index (χ2n) is 6.61. The van der Waals surface area contributed by atoms with Gasteiger partial charge in [-0.15, -0.1) is 0 Å². The van der Waals surface area contributed by atoms with Gasteiger partial charge >= 0.3 is 0 Å². The lowest BCUT2D eigenvalue weighted by molar-refractivity contribution is -0.123. The average Bonchev–Trinajstić information content (AvgIpc) is 3.36. The molecule has 1 aliphatic carbocycles. The molecule has 0 spiro atoms. The Morgan fingerprint density at radius 3 is 2.20 bits per heavy atom. The molecule has 132 valence electrons. The van der Waals surface area contributed by atoms with E-state index >= 15 is 0 Å². The number of carbonyl (C=O) groups excluding carboxylic acids is 1. The van der Waals surface area contributed by atoms with Crippen molar-refractivity contribution in [2.45, 2.75) is 37.0 Å². The minimum Gasteiger partial charge on any atom is -0.358 e. The van der Waals surface area contributed by atoms with Gasteiger partial charge in [-0.3, -0.25) is 9.52 Å². The Morgan fingerprint density at radius 1 is 1.04 bits per heavy atom. The van der Waals surface area contributed by atoms with Gasteiger partial charge in [0.05, 0.1) is 10.3 Å². The number of anilines is 1. The van der Waals surface area contributed by atoms with Gasteiger partial charge in [-0.25, -0.2) is 8.42 Å². The van der Waals surface area contributed by atoms with Crippen molar-refractivity contribution in [1.29, 1.82) is 0 Å². The molecular weight excluding hydrogens is 336 g/mol. The molecule has 5 nitrogen and oxygen atoms in total. The maximum atomic E-state index is 12.6. The summed E-state index contributed by atoms with van der Waals surface area (Å²) >= 11 is 0. The van der Waals surface area contributed by atoms with E-state index in [1.807, 2.05) is 25.1 Å². The number of aryl methyl sites for hydroxylation is 2. The number of hydrogen-bond acceptors (Lipinski definition) is 3. The topological polar surface area (TPSA) is 75.3 Å². The summed E-state index contributed by atoms with van der Waals surface area (Å²) in [7, 11) is -2.01. The van der Waals surface area contributed by atoms with E-state index in [4.69, 9.17) is 0 Å². The molecule has 1 fully saturated rings. The molecule has 6 heteroatoms. The first-order chi connectivity index (χ1) is 11.8. The van der Waals surface area contributed by atoms with Crippen LogP contribution in [-0.2, 0) is 20.2 Å². The first-order valence-electron chi connectivity index (χ1n) is 8.21. The maximum absolute atomic E-state index is 12.6. The van der Waals surface area contributed by atoms with Crippen LogP contribution < -0.4 is 10.0 Å². The third-order valence-electron chi connectivity index (χ3n) is 4.72. The van der Waals surface area contributed by atoms with E-state index in [-0.39, 0.29) is 10.8 Å². The van der Waals surface area contributed by atoms with Crippen molar-refractivity contribution in [3.8, 4) is 0 Å². The van der Waals surface area contributed by atoms with Crippen LogP contribution in [0.1, 0.15) is 29.5 Å². The fraction of sp³-hybridized carbons (Fsp3) is 0.316. The predicted molar refractivity (Wildman–Crippen MR) is 98.1 cm³/mol. The van der Waals surface area contributed by atoms with Gasteiger partial charge in [0.25, 0.3) is 10.0 Å². The van der Waals surface area contributed by atoms with Crippen molar-refractivity contribution in [3.63, 3.8) is 0 Å². The van der Waals surface area contributed by atoms with E-state index in [1.165, 1.54) is 0 Å². The molecule has 0 aliphatic heterocycles. The van der Waals surface area contributed by atoms with E-state index in [9.17, 15) is 13.2 Å². The van der Waals surface area contributed by atoms with Crippen molar-refractivity contribution in [2.24, 2.45) is 0 Å². The van der Waals surface area contributed by atoms with Crippen LogP contribution in [0.25, 0.3) is 0 Å². The largest absolute Gasteiger partial charge is 0.358 e. The molecule has 2 aromatic rings. The average molecular weight is 358 g/mol. The molecule has 2 N–H and O–H groups in total. The number of sulfonamides is 1. The van der Waals surface area contributed by atoms with Crippen molar-refractivity contribution >= 4 is 21.6 Å². The summed E-state index contributed by atoms with van der Waals surface area (Å²) in [6.07, 6.45) is 1.64. The molecule has 1 saturated carbocycles. The summed E-state index contributed by atoms with van der Waals surface area (Å²) in [6.45, 7) is 3.71. The molecule has 0 unspecified atom stereocenters. The Balaban J connectivity index is 1.83. The van der Waals surface area contributed by atoms with E-state index in [1.54, 1.807) is 38.2 Å². The lowest BCUT2D eigenvalue weighted by Gasteiger charge is -2.15. The Bertz CT molecular complexity index is 914. The van der Waals surface area contributed by atoms with Gasteiger partial charge in [-0.1, -0.05) is 29.8 Å². The fourth-order valence-electron chi connectivity index (χ4n) is 3.18. The molecule has 0 bridgehead atoms. The molecule has 0 aromatic heterocycles. The first kappa shape index (κ1) is 17.5. The van der Waals surface area contributed by atoms with E-state index in [0.29, 0.717) is 11.3 Å². The first-order valence-corrected chi connectivity index (χ1v) is 9.70. The minimum atomic E-state index is -3.64. The Morgan fingerprint density at radius 2 is 1.68 bits per heavy atom. The third-order valence-corrected chi connectivity index (χ3v) is 6.26. The highest BCUT2D eigenvalue weighted by molar-refractivity contribution is 7.92. The molecule has 25 heavy (non-hydrogen) atoms. The van der Waals surface area contributed by atoms with Crippen molar-refractivity contribution in [2.75, 3.05) is 11.8 Å². The summed E-state index contributed by atoms with van der Waals surface area (Å²) in [6, 6.07) is 12.3. The normalized spacial score (nSPS) is 15.5. The fourth-order valence-corrected chi connectivity index (χ4v) is 4.47. The number of carbonyl (C=O) groups is 1. The number of likely N-dealkylation sites (N-methyl/N-ethyl adjacent to an activating group) is 1. The zero-order valence-electron chi connectivity index (χ0n) is 14.6. The zero-order valence-corrected chi connectivity index (χ0v) is 15.4. The van der Waals surface area contributed by atoms with Crippen molar-refractivity contribution in [1.82, 2.24) is 5.32 Å². The highest BCUT2D eigenvalue weighted by atomic mass is 32.2. The lowest BCUT2D eigenvalue weighted by Crippen LogP contribution is -2.31. The second-order valence-corrected chi connectivity index (χ2v) is 8.26. The third kappa shape index (κ3) is 3.26. The summed E-state index contributed by atoms with van der Waals surface area (Å²) in [5.41, 5.74) is 2.68. The Kier molecular flexibility index (Phi) is 4.33. The molecule has 3 rings (SSSR count). The molecule has 0 saturated heterocycles. The van der Waals surface area contributed by atoms with Crippen LogP contribution in [-0.4, -0.2) is 21.4 Å². The highest BCUT2D eigenvalue weighted by Gasteiger charge is 2.50. The summed E-state index contributed by atoms with van der Waals surface area (Å²) in [5, 5.41) is 2.70. The van der Waals surface area contributed by atoms with Gasteiger partial charge in [0.2, 0.25) is 5.91 Å². The molecule has 0 radical (unpaired) electrons. The SMILES string of the molecule is CNC(=O)C1(c2ccc(NS(=O)(=O)c3ccc(C)cc3C)cc2)CC1. The van der Waals surface area contributed by atoms with Gasteiger partial charge in [-0.05, 0) is 56.0 Å².